The Labute approximate surface area is 81.9 Å². The van der Waals surface area contributed by atoms with Crippen molar-refractivity contribution in [2.75, 3.05) is 24.3 Å². The molecular formula is C9H13N3O2. The van der Waals surface area contributed by atoms with Gasteiger partial charge < -0.3 is 20.9 Å². The van der Waals surface area contributed by atoms with Crippen LogP contribution < -0.4 is 11.1 Å². The van der Waals surface area contributed by atoms with Crippen molar-refractivity contribution in [3.8, 4) is 0 Å². The Kier molecular flexibility index (Phi) is 2.51. The second-order valence-electron chi connectivity index (χ2n) is 3.30. The van der Waals surface area contributed by atoms with Gasteiger partial charge in [-0.15, -0.1) is 0 Å². The molecule has 1 fully saturated rings. The number of rotatable bonds is 2. The van der Waals surface area contributed by atoms with Gasteiger partial charge in [0.05, 0.1) is 25.4 Å². The Morgan fingerprint density at radius 3 is 3.00 bits per heavy atom. The Morgan fingerprint density at radius 2 is 2.36 bits per heavy atom. The fourth-order valence-corrected chi connectivity index (χ4v) is 1.40. The topological polar surface area (TPSA) is 80.4 Å². The van der Waals surface area contributed by atoms with Gasteiger partial charge in [-0.05, 0) is 12.1 Å². The van der Waals surface area contributed by atoms with Gasteiger partial charge in [0, 0.05) is 0 Å². The van der Waals surface area contributed by atoms with E-state index in [1.165, 1.54) is 0 Å². The fraction of sp³-hybridized carbons (Fsp3) is 0.444. The van der Waals surface area contributed by atoms with Gasteiger partial charge in [0.2, 0.25) is 0 Å². The summed E-state index contributed by atoms with van der Waals surface area (Å²) < 4.78 is 5.10. The highest BCUT2D eigenvalue weighted by atomic mass is 16.5. The van der Waals surface area contributed by atoms with Crippen LogP contribution >= 0.6 is 0 Å². The molecule has 0 aliphatic carbocycles. The predicted molar refractivity (Wildman–Crippen MR) is 52.9 cm³/mol. The van der Waals surface area contributed by atoms with Crippen LogP contribution in [0.2, 0.25) is 0 Å². The van der Waals surface area contributed by atoms with Crippen molar-refractivity contribution in [1.29, 1.82) is 0 Å². The molecule has 1 saturated heterocycles. The molecule has 5 heteroatoms. The van der Waals surface area contributed by atoms with E-state index in [9.17, 15) is 5.11 Å². The van der Waals surface area contributed by atoms with Crippen LogP contribution in [0.3, 0.4) is 0 Å². The molecule has 2 rings (SSSR count). The number of aliphatic hydroxyl groups is 1. The van der Waals surface area contributed by atoms with E-state index in [4.69, 9.17) is 10.5 Å². The van der Waals surface area contributed by atoms with Gasteiger partial charge in [0.15, 0.2) is 0 Å². The summed E-state index contributed by atoms with van der Waals surface area (Å²) >= 11 is 0. The quantitative estimate of drug-likeness (QED) is 0.610. The summed E-state index contributed by atoms with van der Waals surface area (Å²) in [6.45, 7) is 0.873. The van der Waals surface area contributed by atoms with Crippen LogP contribution in [0, 0.1) is 0 Å². The van der Waals surface area contributed by atoms with Crippen LogP contribution in [-0.2, 0) is 4.74 Å². The molecule has 0 amide bonds. The molecule has 1 aromatic rings. The molecule has 0 saturated carbocycles. The summed E-state index contributed by atoms with van der Waals surface area (Å²) in [6, 6.07) is 5.24. The minimum absolute atomic E-state index is 0.0932. The number of nitrogen functional groups attached to an aromatic ring is 1. The summed E-state index contributed by atoms with van der Waals surface area (Å²) in [7, 11) is 0. The van der Waals surface area contributed by atoms with Crippen LogP contribution in [0.25, 0.3) is 0 Å². The molecule has 1 aromatic heterocycles. The zero-order valence-corrected chi connectivity index (χ0v) is 7.68. The SMILES string of the molecule is Nc1cccc(NC2COCC2O)n1. The number of pyridine rings is 1. The van der Waals surface area contributed by atoms with Gasteiger partial charge in [-0.1, -0.05) is 6.07 Å². The maximum atomic E-state index is 9.47. The summed E-state index contributed by atoms with van der Waals surface area (Å²) in [6.07, 6.45) is -0.474. The van der Waals surface area contributed by atoms with Crippen LogP contribution in [0.4, 0.5) is 11.6 Å². The lowest BCUT2D eigenvalue weighted by Crippen LogP contribution is -2.32. The van der Waals surface area contributed by atoms with Crippen molar-refractivity contribution in [2.24, 2.45) is 0 Å². The highest BCUT2D eigenvalue weighted by molar-refractivity contribution is 5.43. The van der Waals surface area contributed by atoms with Gasteiger partial charge in [-0.3, -0.25) is 0 Å². The van der Waals surface area contributed by atoms with Crippen LogP contribution in [-0.4, -0.2) is 35.5 Å². The molecular weight excluding hydrogens is 182 g/mol. The maximum Gasteiger partial charge on any atom is 0.128 e. The Balaban J connectivity index is 2.03. The highest BCUT2D eigenvalue weighted by Crippen LogP contribution is 2.13. The summed E-state index contributed by atoms with van der Waals surface area (Å²) in [4.78, 5) is 4.07. The first-order valence-corrected chi connectivity index (χ1v) is 4.50. The third-order valence-electron chi connectivity index (χ3n) is 2.15. The van der Waals surface area contributed by atoms with E-state index >= 15 is 0 Å². The number of aromatic nitrogens is 1. The smallest absolute Gasteiger partial charge is 0.128 e. The number of hydrogen-bond acceptors (Lipinski definition) is 5. The molecule has 1 aliphatic rings. The van der Waals surface area contributed by atoms with E-state index in [1.807, 2.05) is 6.07 Å². The second-order valence-corrected chi connectivity index (χ2v) is 3.30. The molecule has 2 heterocycles. The highest BCUT2D eigenvalue weighted by Gasteiger charge is 2.26. The molecule has 14 heavy (non-hydrogen) atoms. The Hall–Kier alpha value is -1.33. The van der Waals surface area contributed by atoms with Crippen molar-refractivity contribution in [2.45, 2.75) is 12.1 Å². The summed E-state index contributed by atoms with van der Waals surface area (Å²) in [5.41, 5.74) is 5.52. The maximum absolute atomic E-state index is 9.47. The average molecular weight is 195 g/mol. The third-order valence-corrected chi connectivity index (χ3v) is 2.15. The van der Waals surface area contributed by atoms with Crippen molar-refractivity contribution < 1.29 is 9.84 Å². The molecule has 0 aromatic carbocycles. The predicted octanol–water partition coefficient (Wildman–Crippen LogP) is -0.165. The number of nitrogens with two attached hydrogens (primary N) is 1. The van der Waals surface area contributed by atoms with E-state index in [0.29, 0.717) is 24.8 Å². The minimum Gasteiger partial charge on any atom is -0.388 e. The van der Waals surface area contributed by atoms with Crippen molar-refractivity contribution in [3.63, 3.8) is 0 Å². The Bertz CT molecular complexity index is 319. The lowest BCUT2D eigenvalue weighted by molar-refractivity contribution is 0.125. The van der Waals surface area contributed by atoms with Gasteiger partial charge in [-0.25, -0.2) is 4.98 Å². The van der Waals surface area contributed by atoms with E-state index in [-0.39, 0.29) is 6.04 Å². The van der Waals surface area contributed by atoms with E-state index in [1.54, 1.807) is 12.1 Å². The van der Waals surface area contributed by atoms with E-state index < -0.39 is 6.10 Å². The van der Waals surface area contributed by atoms with Crippen LogP contribution in [0.1, 0.15) is 0 Å². The van der Waals surface area contributed by atoms with Crippen LogP contribution in [0.5, 0.6) is 0 Å². The number of nitrogens with one attached hydrogen (secondary N) is 1. The zero-order chi connectivity index (χ0) is 9.97. The van der Waals surface area contributed by atoms with Gasteiger partial charge >= 0.3 is 0 Å². The molecule has 0 bridgehead atoms. The van der Waals surface area contributed by atoms with Crippen molar-refractivity contribution >= 4 is 11.6 Å². The average Bonchev–Trinajstić information content (AvgIpc) is 2.52. The first-order chi connectivity index (χ1) is 6.75. The van der Waals surface area contributed by atoms with Gasteiger partial charge in [0.25, 0.3) is 0 Å². The first-order valence-electron chi connectivity index (χ1n) is 4.50. The number of anilines is 2. The molecule has 0 spiro atoms. The monoisotopic (exact) mass is 195 g/mol. The second kappa shape index (κ2) is 3.81. The van der Waals surface area contributed by atoms with Gasteiger partial charge in [0.1, 0.15) is 11.6 Å². The Morgan fingerprint density at radius 1 is 1.50 bits per heavy atom. The van der Waals surface area contributed by atoms with E-state index in [0.717, 1.165) is 0 Å². The molecule has 76 valence electrons. The molecule has 1 aliphatic heterocycles. The zero-order valence-electron chi connectivity index (χ0n) is 7.68. The number of aliphatic hydroxyl groups excluding tert-OH is 1. The number of ether oxygens (including phenoxy) is 1. The number of nitrogens with zero attached hydrogens (tertiary/aromatic N) is 1. The summed E-state index contributed by atoms with van der Waals surface area (Å²) in [5, 5.41) is 12.5. The molecule has 0 radical (unpaired) electrons. The van der Waals surface area contributed by atoms with Crippen molar-refractivity contribution in [3.05, 3.63) is 18.2 Å². The standard InChI is InChI=1S/C9H13N3O2/c10-8-2-1-3-9(12-8)11-6-4-14-5-7(6)13/h1-3,6-7,13H,4-5H2,(H3,10,11,12). The van der Waals surface area contributed by atoms with Crippen molar-refractivity contribution in [1.82, 2.24) is 4.98 Å². The summed E-state index contributed by atoms with van der Waals surface area (Å²) in [5.74, 6) is 1.13. The normalized spacial score (nSPS) is 26.4. The lowest BCUT2D eigenvalue weighted by atomic mass is 10.2. The number of hydrogen-bond donors (Lipinski definition) is 3. The van der Waals surface area contributed by atoms with Gasteiger partial charge in [-0.2, -0.15) is 0 Å². The van der Waals surface area contributed by atoms with Crippen LogP contribution in [0.15, 0.2) is 18.2 Å². The fourth-order valence-electron chi connectivity index (χ4n) is 1.40. The molecule has 4 N–H and O–H groups in total. The molecule has 5 nitrogen and oxygen atoms in total. The van der Waals surface area contributed by atoms with E-state index in [2.05, 4.69) is 10.3 Å². The molecule has 2 unspecified atom stereocenters. The lowest BCUT2D eigenvalue weighted by Gasteiger charge is -2.14. The third kappa shape index (κ3) is 1.94. The first kappa shape index (κ1) is 9.23. The minimum atomic E-state index is -0.474. The largest absolute Gasteiger partial charge is 0.388 e. The molecule has 2 atom stereocenters.